The van der Waals surface area contributed by atoms with Crippen LogP contribution in [0.2, 0.25) is 0 Å². The van der Waals surface area contributed by atoms with E-state index in [9.17, 15) is 0 Å². The second kappa shape index (κ2) is 5.29. The normalized spacial score (nSPS) is 18.8. The second-order valence-electron chi connectivity index (χ2n) is 4.96. The van der Waals surface area contributed by atoms with Gasteiger partial charge in [0.15, 0.2) is 5.82 Å². The van der Waals surface area contributed by atoms with Crippen molar-refractivity contribution in [3.8, 4) is 6.07 Å². The Balaban J connectivity index is 1.79. The van der Waals surface area contributed by atoms with Crippen molar-refractivity contribution >= 4 is 5.82 Å². The Bertz CT molecular complexity index is 645. The van der Waals surface area contributed by atoms with Gasteiger partial charge in [0, 0.05) is 13.1 Å². The molecule has 3 rings (SSSR count). The second-order valence-corrected chi connectivity index (χ2v) is 4.96. The van der Waals surface area contributed by atoms with E-state index in [2.05, 4.69) is 26.1 Å². The minimum Gasteiger partial charge on any atom is -0.356 e. The highest BCUT2D eigenvalue weighted by molar-refractivity contribution is 5.42. The van der Waals surface area contributed by atoms with Gasteiger partial charge in [0.2, 0.25) is 5.89 Å². The molecule has 1 fully saturated rings. The standard InChI is InChI=1S/C14H15N5O/c1-10-16-14(20-18-10)11-4-3-7-19(9-11)13-6-2-5-12(8-15)17-13/h2,5-6,11H,3-4,7,9H2,1H3. The lowest BCUT2D eigenvalue weighted by Crippen LogP contribution is -2.35. The number of nitrogens with zero attached hydrogens (tertiary/aromatic N) is 5. The average Bonchev–Trinajstić information content (AvgIpc) is 2.94. The molecular weight excluding hydrogens is 254 g/mol. The van der Waals surface area contributed by atoms with E-state index in [0.717, 1.165) is 31.7 Å². The summed E-state index contributed by atoms with van der Waals surface area (Å²) >= 11 is 0. The van der Waals surface area contributed by atoms with Gasteiger partial charge < -0.3 is 9.42 Å². The Labute approximate surface area is 117 Å². The zero-order valence-corrected chi connectivity index (χ0v) is 11.3. The minimum atomic E-state index is 0.234. The average molecular weight is 269 g/mol. The van der Waals surface area contributed by atoms with Crippen molar-refractivity contribution in [1.29, 1.82) is 5.26 Å². The number of piperidine rings is 1. The van der Waals surface area contributed by atoms with Crippen molar-refractivity contribution in [3.63, 3.8) is 0 Å². The van der Waals surface area contributed by atoms with Gasteiger partial charge in [0.1, 0.15) is 17.6 Å². The first kappa shape index (κ1) is 12.6. The molecule has 0 radical (unpaired) electrons. The fourth-order valence-electron chi connectivity index (χ4n) is 2.53. The molecule has 1 atom stereocenters. The van der Waals surface area contributed by atoms with Gasteiger partial charge in [-0.15, -0.1) is 0 Å². The first-order valence-corrected chi connectivity index (χ1v) is 6.68. The van der Waals surface area contributed by atoms with Gasteiger partial charge in [-0.2, -0.15) is 10.2 Å². The molecule has 0 bridgehead atoms. The largest absolute Gasteiger partial charge is 0.356 e. The molecule has 1 aliphatic heterocycles. The first-order valence-electron chi connectivity index (χ1n) is 6.68. The van der Waals surface area contributed by atoms with Gasteiger partial charge >= 0.3 is 0 Å². The molecule has 0 amide bonds. The molecule has 6 nitrogen and oxygen atoms in total. The van der Waals surface area contributed by atoms with E-state index in [1.54, 1.807) is 6.07 Å². The predicted molar refractivity (Wildman–Crippen MR) is 72.2 cm³/mol. The Morgan fingerprint density at radius 2 is 2.30 bits per heavy atom. The van der Waals surface area contributed by atoms with Gasteiger partial charge in [0.05, 0.1) is 5.92 Å². The summed E-state index contributed by atoms with van der Waals surface area (Å²) in [6, 6.07) is 7.58. The Morgan fingerprint density at radius 1 is 1.40 bits per heavy atom. The highest BCUT2D eigenvalue weighted by Crippen LogP contribution is 2.28. The third-order valence-corrected chi connectivity index (χ3v) is 3.49. The maximum absolute atomic E-state index is 8.93. The van der Waals surface area contributed by atoms with Crippen LogP contribution in [0.5, 0.6) is 0 Å². The summed E-state index contributed by atoms with van der Waals surface area (Å²) in [4.78, 5) is 10.8. The topological polar surface area (TPSA) is 78.8 Å². The number of aryl methyl sites for hydroxylation is 1. The molecule has 6 heteroatoms. The maximum Gasteiger partial charge on any atom is 0.231 e. The zero-order chi connectivity index (χ0) is 13.9. The number of aromatic nitrogens is 3. The zero-order valence-electron chi connectivity index (χ0n) is 11.3. The van der Waals surface area contributed by atoms with Gasteiger partial charge in [-0.1, -0.05) is 11.2 Å². The lowest BCUT2D eigenvalue weighted by atomic mass is 9.98. The van der Waals surface area contributed by atoms with Crippen LogP contribution in [-0.2, 0) is 0 Å². The molecule has 3 heterocycles. The number of nitriles is 1. The summed E-state index contributed by atoms with van der Waals surface area (Å²) in [7, 11) is 0. The minimum absolute atomic E-state index is 0.234. The van der Waals surface area contributed by atoms with Crippen LogP contribution in [0.15, 0.2) is 22.7 Å². The fraction of sp³-hybridized carbons (Fsp3) is 0.429. The maximum atomic E-state index is 8.93. The number of hydrogen-bond acceptors (Lipinski definition) is 6. The lowest BCUT2D eigenvalue weighted by molar-refractivity contribution is 0.331. The monoisotopic (exact) mass is 269 g/mol. The molecule has 1 unspecified atom stereocenters. The van der Waals surface area contributed by atoms with Crippen molar-refractivity contribution in [2.45, 2.75) is 25.7 Å². The van der Waals surface area contributed by atoms with E-state index in [1.807, 2.05) is 19.1 Å². The van der Waals surface area contributed by atoms with E-state index in [1.165, 1.54) is 0 Å². The molecule has 2 aromatic heterocycles. The summed E-state index contributed by atoms with van der Waals surface area (Å²) in [6.07, 6.45) is 2.08. The number of anilines is 1. The van der Waals surface area contributed by atoms with Crippen LogP contribution in [0.1, 0.15) is 36.2 Å². The van der Waals surface area contributed by atoms with Crippen LogP contribution < -0.4 is 4.90 Å². The Kier molecular flexibility index (Phi) is 3.33. The molecule has 102 valence electrons. The van der Waals surface area contributed by atoms with Crippen molar-refractivity contribution in [2.24, 2.45) is 0 Å². The fourth-order valence-corrected chi connectivity index (χ4v) is 2.53. The highest BCUT2D eigenvalue weighted by Gasteiger charge is 2.26. The molecule has 0 N–H and O–H groups in total. The molecule has 1 saturated heterocycles. The SMILES string of the molecule is Cc1noc(C2CCCN(c3cccc(C#N)n3)C2)n1. The van der Waals surface area contributed by atoms with Crippen molar-refractivity contribution in [2.75, 3.05) is 18.0 Å². The van der Waals surface area contributed by atoms with Crippen LogP contribution in [0.3, 0.4) is 0 Å². The van der Waals surface area contributed by atoms with Crippen molar-refractivity contribution < 1.29 is 4.52 Å². The molecule has 0 saturated carbocycles. The van der Waals surface area contributed by atoms with E-state index in [0.29, 0.717) is 17.4 Å². The third-order valence-electron chi connectivity index (χ3n) is 3.49. The molecular formula is C14H15N5O. The van der Waals surface area contributed by atoms with E-state index < -0.39 is 0 Å². The number of rotatable bonds is 2. The van der Waals surface area contributed by atoms with Crippen molar-refractivity contribution in [3.05, 3.63) is 35.6 Å². The molecule has 0 spiro atoms. The van der Waals surface area contributed by atoms with Gasteiger partial charge in [-0.25, -0.2) is 4.98 Å². The highest BCUT2D eigenvalue weighted by atomic mass is 16.5. The number of hydrogen-bond donors (Lipinski definition) is 0. The van der Waals surface area contributed by atoms with Crippen molar-refractivity contribution in [1.82, 2.24) is 15.1 Å². The molecule has 0 aromatic carbocycles. The summed E-state index contributed by atoms with van der Waals surface area (Å²) in [5.41, 5.74) is 0.443. The van der Waals surface area contributed by atoms with Crippen LogP contribution in [0.4, 0.5) is 5.82 Å². The summed E-state index contributed by atoms with van der Waals surface area (Å²) in [5.74, 6) is 2.44. The van der Waals surface area contributed by atoms with Crippen LogP contribution in [0.25, 0.3) is 0 Å². The smallest absolute Gasteiger partial charge is 0.231 e. The van der Waals surface area contributed by atoms with Gasteiger partial charge in [0.25, 0.3) is 0 Å². The molecule has 1 aliphatic rings. The summed E-state index contributed by atoms with van der Waals surface area (Å²) < 4.78 is 5.27. The Hall–Kier alpha value is -2.42. The predicted octanol–water partition coefficient (Wildman–Crippen LogP) is 2.03. The molecule has 2 aromatic rings. The molecule has 0 aliphatic carbocycles. The van der Waals surface area contributed by atoms with E-state index in [-0.39, 0.29) is 5.92 Å². The van der Waals surface area contributed by atoms with E-state index >= 15 is 0 Å². The van der Waals surface area contributed by atoms with Gasteiger partial charge in [-0.05, 0) is 31.9 Å². The lowest BCUT2D eigenvalue weighted by Gasteiger charge is -2.31. The summed E-state index contributed by atoms with van der Waals surface area (Å²) in [6.45, 7) is 3.56. The quantitative estimate of drug-likeness (QED) is 0.830. The Morgan fingerprint density at radius 3 is 3.05 bits per heavy atom. The van der Waals surface area contributed by atoms with Crippen LogP contribution in [0, 0.1) is 18.3 Å². The van der Waals surface area contributed by atoms with Crippen LogP contribution >= 0.6 is 0 Å². The summed E-state index contributed by atoms with van der Waals surface area (Å²) in [5, 5.41) is 12.8. The first-order chi connectivity index (χ1) is 9.76. The van der Waals surface area contributed by atoms with Gasteiger partial charge in [-0.3, -0.25) is 0 Å². The third kappa shape index (κ3) is 2.48. The molecule has 20 heavy (non-hydrogen) atoms. The number of pyridine rings is 1. The van der Waals surface area contributed by atoms with Crippen LogP contribution in [-0.4, -0.2) is 28.2 Å². The van der Waals surface area contributed by atoms with E-state index in [4.69, 9.17) is 9.78 Å².